The van der Waals surface area contributed by atoms with E-state index < -0.39 is 0 Å². The molecular weight excluding hydrogens is 214 g/mol. The van der Waals surface area contributed by atoms with Crippen LogP contribution in [0.2, 0.25) is 0 Å². The Balaban J connectivity index is 1.98. The number of hydrogen-bond acceptors (Lipinski definition) is 3. The fourth-order valence-electron chi connectivity index (χ4n) is 1.75. The van der Waals surface area contributed by atoms with Crippen LogP contribution < -0.4 is 5.73 Å². The van der Waals surface area contributed by atoms with Crippen LogP contribution in [-0.2, 0) is 20.0 Å². The van der Waals surface area contributed by atoms with Gasteiger partial charge in [0.1, 0.15) is 0 Å². The van der Waals surface area contributed by atoms with E-state index in [4.69, 9.17) is 5.73 Å². The monoisotopic (exact) mass is 233 g/mol. The topological polar surface area (TPSA) is 61.7 Å². The number of rotatable bonds is 5. The second kappa shape index (κ2) is 5.14. The lowest BCUT2D eigenvalue weighted by atomic mass is 10.1. The lowest BCUT2D eigenvalue weighted by Crippen LogP contribution is -2.21. The number of imidazole rings is 1. The predicted octanol–water partition coefficient (Wildman–Crippen LogP) is 0.945. The third-order valence-electron chi connectivity index (χ3n) is 2.80. The maximum atomic E-state index is 5.91. The zero-order valence-electron chi connectivity index (χ0n) is 10.4. The molecule has 0 radical (unpaired) electrons. The summed E-state index contributed by atoms with van der Waals surface area (Å²) in [5, 5.41) is 4.34. The van der Waals surface area contributed by atoms with E-state index in [-0.39, 0.29) is 6.04 Å². The first-order chi connectivity index (χ1) is 8.17. The van der Waals surface area contributed by atoms with Crippen molar-refractivity contribution >= 4 is 0 Å². The van der Waals surface area contributed by atoms with Crippen LogP contribution >= 0.6 is 0 Å². The van der Waals surface area contributed by atoms with Crippen molar-refractivity contribution in [2.24, 2.45) is 12.8 Å². The van der Waals surface area contributed by atoms with Crippen LogP contribution in [0.4, 0.5) is 0 Å². The number of hydrogen-bond donors (Lipinski definition) is 1. The summed E-state index contributed by atoms with van der Waals surface area (Å²) in [6.07, 6.45) is 7.65. The quantitative estimate of drug-likeness (QED) is 0.836. The van der Waals surface area contributed by atoms with Crippen LogP contribution in [0.25, 0.3) is 0 Å². The SMILES string of the molecule is CCC(N)Cc1cn(Cc2ccn(C)n2)cn1. The van der Waals surface area contributed by atoms with Crippen molar-refractivity contribution in [2.75, 3.05) is 0 Å². The van der Waals surface area contributed by atoms with Crippen LogP contribution in [0.5, 0.6) is 0 Å². The minimum absolute atomic E-state index is 0.202. The molecular formula is C12H19N5. The molecule has 0 bridgehead atoms. The Morgan fingerprint density at radius 2 is 2.24 bits per heavy atom. The predicted molar refractivity (Wildman–Crippen MR) is 66.5 cm³/mol. The molecule has 2 aromatic heterocycles. The third-order valence-corrected chi connectivity index (χ3v) is 2.80. The standard InChI is InChI=1S/C12H19N5/c1-3-10(13)6-12-8-17(9-14-12)7-11-4-5-16(2)15-11/h4-5,8-10H,3,6-7,13H2,1-2H3. The van der Waals surface area contributed by atoms with Gasteiger partial charge in [-0.1, -0.05) is 6.92 Å². The summed E-state index contributed by atoms with van der Waals surface area (Å²) in [6.45, 7) is 2.85. The van der Waals surface area contributed by atoms with Gasteiger partial charge in [0, 0.05) is 31.9 Å². The van der Waals surface area contributed by atoms with Gasteiger partial charge in [-0.3, -0.25) is 4.68 Å². The van der Waals surface area contributed by atoms with E-state index in [0.29, 0.717) is 0 Å². The molecule has 17 heavy (non-hydrogen) atoms. The average molecular weight is 233 g/mol. The number of nitrogens with zero attached hydrogens (tertiary/aromatic N) is 4. The molecule has 0 saturated carbocycles. The second-order valence-corrected chi connectivity index (χ2v) is 4.39. The van der Waals surface area contributed by atoms with Crippen LogP contribution in [0.1, 0.15) is 24.7 Å². The molecule has 0 amide bonds. The van der Waals surface area contributed by atoms with Gasteiger partial charge < -0.3 is 10.3 Å². The summed E-state index contributed by atoms with van der Waals surface area (Å²) in [6, 6.07) is 2.21. The van der Waals surface area contributed by atoms with E-state index >= 15 is 0 Å². The molecule has 0 aliphatic carbocycles. The zero-order valence-corrected chi connectivity index (χ0v) is 10.4. The minimum atomic E-state index is 0.202. The van der Waals surface area contributed by atoms with E-state index in [2.05, 4.69) is 17.0 Å². The van der Waals surface area contributed by atoms with Crippen LogP contribution in [0, 0.1) is 0 Å². The molecule has 5 heteroatoms. The Morgan fingerprint density at radius 1 is 1.41 bits per heavy atom. The van der Waals surface area contributed by atoms with Gasteiger partial charge >= 0.3 is 0 Å². The lowest BCUT2D eigenvalue weighted by Gasteiger charge is -2.04. The van der Waals surface area contributed by atoms with Crippen LogP contribution in [-0.4, -0.2) is 25.4 Å². The first kappa shape index (κ1) is 11.9. The summed E-state index contributed by atoms with van der Waals surface area (Å²) < 4.78 is 3.85. The van der Waals surface area contributed by atoms with Gasteiger partial charge in [-0.15, -0.1) is 0 Å². The Kier molecular flexibility index (Phi) is 3.58. The van der Waals surface area contributed by atoms with Gasteiger partial charge in [0.25, 0.3) is 0 Å². The molecule has 0 spiro atoms. The van der Waals surface area contributed by atoms with Crippen LogP contribution in [0.3, 0.4) is 0 Å². The van der Waals surface area contributed by atoms with Crippen molar-refractivity contribution in [3.63, 3.8) is 0 Å². The fourth-order valence-corrected chi connectivity index (χ4v) is 1.75. The molecule has 92 valence electrons. The average Bonchev–Trinajstić information content (AvgIpc) is 2.89. The molecule has 2 N–H and O–H groups in total. The highest BCUT2D eigenvalue weighted by Crippen LogP contribution is 2.04. The highest BCUT2D eigenvalue weighted by molar-refractivity contribution is 5.04. The first-order valence-electron chi connectivity index (χ1n) is 5.92. The largest absolute Gasteiger partial charge is 0.331 e. The molecule has 2 heterocycles. The highest BCUT2D eigenvalue weighted by Gasteiger charge is 2.05. The molecule has 2 rings (SSSR count). The van der Waals surface area contributed by atoms with E-state index in [1.54, 1.807) is 4.68 Å². The summed E-state index contributed by atoms with van der Waals surface area (Å²) >= 11 is 0. The molecule has 0 saturated heterocycles. The van der Waals surface area contributed by atoms with E-state index in [0.717, 1.165) is 30.8 Å². The Hall–Kier alpha value is -1.62. The first-order valence-corrected chi connectivity index (χ1v) is 5.92. The number of nitrogens with two attached hydrogens (primary N) is 1. The van der Waals surface area contributed by atoms with Crippen molar-refractivity contribution in [1.82, 2.24) is 19.3 Å². The van der Waals surface area contributed by atoms with Crippen molar-refractivity contribution in [1.29, 1.82) is 0 Å². The van der Waals surface area contributed by atoms with Crippen molar-refractivity contribution in [3.8, 4) is 0 Å². The summed E-state index contributed by atoms with van der Waals surface area (Å²) in [5.74, 6) is 0. The molecule has 1 unspecified atom stereocenters. The highest BCUT2D eigenvalue weighted by atomic mass is 15.3. The molecule has 0 aromatic carbocycles. The van der Waals surface area contributed by atoms with Gasteiger partial charge in [0.15, 0.2) is 0 Å². The molecule has 2 aromatic rings. The molecule has 0 aliphatic rings. The van der Waals surface area contributed by atoms with Crippen molar-refractivity contribution < 1.29 is 0 Å². The second-order valence-electron chi connectivity index (χ2n) is 4.39. The van der Waals surface area contributed by atoms with E-state index in [1.165, 1.54) is 0 Å². The summed E-state index contributed by atoms with van der Waals surface area (Å²) in [4.78, 5) is 4.36. The van der Waals surface area contributed by atoms with Gasteiger partial charge in [0.2, 0.25) is 0 Å². The van der Waals surface area contributed by atoms with Gasteiger partial charge in [0.05, 0.1) is 24.3 Å². The smallest absolute Gasteiger partial charge is 0.0953 e. The van der Waals surface area contributed by atoms with Gasteiger partial charge in [-0.05, 0) is 12.5 Å². The maximum Gasteiger partial charge on any atom is 0.0953 e. The molecule has 1 atom stereocenters. The Morgan fingerprint density at radius 3 is 2.88 bits per heavy atom. The third kappa shape index (κ3) is 3.17. The minimum Gasteiger partial charge on any atom is -0.331 e. The maximum absolute atomic E-state index is 5.91. The van der Waals surface area contributed by atoms with Gasteiger partial charge in [-0.2, -0.15) is 5.10 Å². The van der Waals surface area contributed by atoms with Crippen LogP contribution in [0.15, 0.2) is 24.8 Å². The van der Waals surface area contributed by atoms with Crippen molar-refractivity contribution in [2.45, 2.75) is 32.4 Å². The van der Waals surface area contributed by atoms with Crippen molar-refractivity contribution in [3.05, 3.63) is 36.2 Å². The summed E-state index contributed by atoms with van der Waals surface area (Å²) in [7, 11) is 1.92. The molecule has 0 fully saturated rings. The zero-order chi connectivity index (χ0) is 12.3. The van der Waals surface area contributed by atoms with E-state index in [1.807, 2.05) is 36.4 Å². The normalized spacial score (nSPS) is 12.9. The molecule has 0 aliphatic heterocycles. The number of aromatic nitrogens is 4. The summed E-state index contributed by atoms with van der Waals surface area (Å²) in [5.41, 5.74) is 7.99. The molecule has 5 nitrogen and oxygen atoms in total. The Labute approximate surface area is 101 Å². The van der Waals surface area contributed by atoms with Gasteiger partial charge in [-0.25, -0.2) is 4.98 Å². The number of aryl methyl sites for hydroxylation is 1. The van der Waals surface area contributed by atoms with E-state index in [9.17, 15) is 0 Å². The fraction of sp³-hybridized carbons (Fsp3) is 0.500. The Bertz CT molecular complexity index is 471. The lowest BCUT2D eigenvalue weighted by molar-refractivity contribution is 0.637.